The van der Waals surface area contributed by atoms with Crippen molar-refractivity contribution in [1.29, 1.82) is 0 Å². The van der Waals surface area contributed by atoms with E-state index in [4.69, 9.17) is 0 Å². The van der Waals surface area contributed by atoms with E-state index in [1.54, 1.807) is 30.3 Å². The van der Waals surface area contributed by atoms with Gasteiger partial charge in [0.25, 0.3) is 0 Å². The zero-order valence-electron chi connectivity index (χ0n) is 25.4. The molecule has 1 aromatic heterocycles. The summed E-state index contributed by atoms with van der Waals surface area (Å²) in [6, 6.07) is 15.5. The van der Waals surface area contributed by atoms with Crippen molar-refractivity contribution in [2.45, 2.75) is 19.6 Å². The van der Waals surface area contributed by atoms with Gasteiger partial charge >= 0.3 is 118 Å². The summed E-state index contributed by atoms with van der Waals surface area (Å²) in [5.74, 6) is 0.426. The molecule has 230 valence electrons. The van der Waals surface area contributed by atoms with Crippen LogP contribution >= 0.6 is 24.1 Å². The molecular formula is C24H14N4Na4O12S4. The summed E-state index contributed by atoms with van der Waals surface area (Å²) in [5.41, 5.74) is 0.865. The van der Waals surface area contributed by atoms with E-state index in [0.29, 0.717) is 62.1 Å². The maximum Gasteiger partial charge on any atom is 1.00 e. The van der Waals surface area contributed by atoms with Crippen molar-refractivity contribution in [3.05, 3.63) is 72.9 Å². The predicted octanol–water partition coefficient (Wildman–Crippen LogP) is -9.44. The molecule has 0 aliphatic rings. The fourth-order valence-electron chi connectivity index (χ4n) is 4.11. The van der Waals surface area contributed by atoms with Crippen LogP contribution < -0.4 is 139 Å². The standard InChI is InChI=1S/C24H18N4O12S4.4Na/c29-37-39-41-17-9-13-7-16(1-3-19(13)21(11-17)42-40-38-30)27-24-25-6-5-23(28-24)26-15-2-4-20-14(8-15)10-18(43(31,32)33)12-22(20)44(34,35)36;;;;/h1-12,29-30H,(H,31,32,33)(H,34,35,36)(H2,25,26,27,28);;;;/q;4*+1/p-4. The molecule has 1 heterocycles. The Balaban J connectivity index is 0.00000288. The van der Waals surface area contributed by atoms with Crippen molar-refractivity contribution in [2.75, 3.05) is 10.6 Å². The van der Waals surface area contributed by atoms with Crippen LogP contribution in [0.15, 0.2) is 92.5 Å². The molecule has 48 heavy (non-hydrogen) atoms. The topological polar surface area (TPSA) is 247 Å². The van der Waals surface area contributed by atoms with E-state index in [-0.39, 0.29) is 141 Å². The largest absolute Gasteiger partial charge is 1.00 e. The van der Waals surface area contributed by atoms with Crippen LogP contribution in [0, 0.1) is 0 Å². The molecule has 0 atom stereocenters. The number of rotatable bonds is 12. The van der Waals surface area contributed by atoms with Crippen molar-refractivity contribution >= 4 is 89.0 Å². The maximum absolute atomic E-state index is 11.7. The Morgan fingerprint density at radius 2 is 1.27 bits per heavy atom. The van der Waals surface area contributed by atoms with Gasteiger partial charge < -0.3 is 30.3 Å². The molecular weight excluding hydrogens is 757 g/mol. The van der Waals surface area contributed by atoms with E-state index >= 15 is 0 Å². The molecule has 4 aromatic carbocycles. The van der Waals surface area contributed by atoms with Gasteiger partial charge in [0, 0.05) is 27.4 Å². The Labute approximate surface area is 370 Å². The Kier molecular flexibility index (Phi) is 19.9. The normalized spacial score (nSPS) is 11.1. The van der Waals surface area contributed by atoms with Gasteiger partial charge in [-0.2, -0.15) is 13.7 Å². The first-order valence-corrected chi connectivity index (χ1v) is 16.0. The van der Waals surface area contributed by atoms with Gasteiger partial charge in [0.2, 0.25) is 5.95 Å². The second-order valence-electron chi connectivity index (χ2n) is 8.58. The number of anilines is 4. The van der Waals surface area contributed by atoms with Crippen LogP contribution in [0.3, 0.4) is 0 Å². The summed E-state index contributed by atoms with van der Waals surface area (Å²) in [7, 11) is -10.2. The Hall–Kier alpha value is 0.360. The van der Waals surface area contributed by atoms with E-state index < -0.39 is 30.0 Å². The molecule has 0 unspecified atom stereocenters. The second-order valence-corrected chi connectivity index (χ2v) is 12.8. The number of fused-ring (bicyclic) bond motifs is 2. The third-order valence-corrected chi connectivity index (χ3v) is 8.71. The van der Waals surface area contributed by atoms with Crippen molar-refractivity contribution < 1.29 is 173 Å². The fraction of sp³-hybridized carbons (Fsp3) is 0. The van der Waals surface area contributed by atoms with Gasteiger partial charge in [-0.25, -0.2) is 21.8 Å². The van der Waals surface area contributed by atoms with Gasteiger partial charge in [0.1, 0.15) is 26.1 Å². The zero-order chi connectivity index (χ0) is 31.5. The molecule has 5 rings (SSSR count). The van der Waals surface area contributed by atoms with Crippen molar-refractivity contribution in [3.63, 3.8) is 0 Å². The number of nitrogens with one attached hydrogen (secondary N) is 2. The van der Waals surface area contributed by atoms with Crippen LogP contribution in [-0.4, -0.2) is 35.9 Å². The van der Waals surface area contributed by atoms with E-state index in [2.05, 4.69) is 39.3 Å². The summed E-state index contributed by atoms with van der Waals surface area (Å²) in [4.78, 5) is 7.77. The molecule has 2 N–H and O–H groups in total. The van der Waals surface area contributed by atoms with E-state index in [1.165, 1.54) is 30.5 Å². The van der Waals surface area contributed by atoms with E-state index in [0.717, 1.165) is 6.07 Å². The second kappa shape index (κ2) is 20.6. The van der Waals surface area contributed by atoms with Crippen molar-refractivity contribution in [3.8, 4) is 0 Å². The van der Waals surface area contributed by atoms with Crippen LogP contribution in [0.4, 0.5) is 23.1 Å². The Bertz CT molecular complexity index is 2100. The summed E-state index contributed by atoms with van der Waals surface area (Å²) in [6.07, 6.45) is 1.44. The molecule has 0 saturated heterocycles. The number of benzene rings is 4. The van der Waals surface area contributed by atoms with Crippen LogP contribution in [-0.2, 0) is 39.0 Å². The molecule has 0 aliphatic heterocycles. The maximum atomic E-state index is 11.7. The molecule has 0 spiro atoms. The van der Waals surface area contributed by atoms with Gasteiger partial charge in [0.05, 0.1) is 33.9 Å². The van der Waals surface area contributed by atoms with Gasteiger partial charge in [-0.3, -0.25) is 10.1 Å². The first-order chi connectivity index (χ1) is 20.9. The van der Waals surface area contributed by atoms with Crippen LogP contribution in [0.2, 0.25) is 0 Å². The zero-order valence-corrected chi connectivity index (χ0v) is 36.6. The minimum atomic E-state index is -5.10. The van der Waals surface area contributed by atoms with Gasteiger partial charge in [0.15, 0.2) is 0 Å². The summed E-state index contributed by atoms with van der Waals surface area (Å²) < 4.78 is 78.7. The van der Waals surface area contributed by atoms with Crippen molar-refractivity contribution in [1.82, 2.24) is 9.97 Å². The summed E-state index contributed by atoms with van der Waals surface area (Å²) >= 11 is 1.28. The third kappa shape index (κ3) is 12.2. The van der Waals surface area contributed by atoms with E-state index in [1.807, 2.05) is 0 Å². The van der Waals surface area contributed by atoms with Crippen molar-refractivity contribution in [2.24, 2.45) is 0 Å². The van der Waals surface area contributed by atoms with Gasteiger partial charge in [-0.1, -0.05) is 12.1 Å². The molecule has 0 amide bonds. The van der Waals surface area contributed by atoms with Crippen LogP contribution in [0.25, 0.3) is 21.5 Å². The van der Waals surface area contributed by atoms with Crippen LogP contribution in [0.5, 0.6) is 0 Å². The molecule has 0 fully saturated rings. The van der Waals surface area contributed by atoms with E-state index in [9.17, 15) is 36.5 Å². The number of hydrogen-bond donors (Lipinski definition) is 2. The Morgan fingerprint density at radius 1 is 0.667 bits per heavy atom. The summed E-state index contributed by atoms with van der Waals surface area (Å²) in [5, 5.41) is 34.6. The molecule has 0 bridgehead atoms. The first kappa shape index (κ1) is 46.4. The molecule has 0 aliphatic carbocycles. The molecule has 16 nitrogen and oxygen atoms in total. The third-order valence-electron chi connectivity index (χ3n) is 5.83. The predicted molar refractivity (Wildman–Crippen MR) is 148 cm³/mol. The average molecular weight is 771 g/mol. The minimum absolute atomic E-state index is 0. The molecule has 24 heteroatoms. The fourth-order valence-corrected chi connectivity index (χ4v) is 6.52. The SMILES string of the molecule is O=S(=O)([O-])c1cc(S(=O)(=O)[O-])c2ccc(Nc3ccnc(Nc4ccc5c(SOO[O-])cc(SOO[O-])cc5c4)n3)cc2c1.[Na+].[Na+].[Na+].[Na+]. The number of nitrogens with zero attached hydrogens (tertiary/aromatic N) is 2. The van der Waals surface area contributed by atoms with Gasteiger partial charge in [-0.05, 0) is 76.1 Å². The first-order valence-electron chi connectivity index (χ1n) is 11.7. The molecule has 0 radical (unpaired) electrons. The number of hydrogen-bond acceptors (Lipinski definition) is 18. The molecule has 0 saturated carbocycles. The van der Waals surface area contributed by atoms with Gasteiger partial charge in [-0.15, -0.1) is 0 Å². The number of aromatic nitrogens is 2. The minimum Gasteiger partial charge on any atom is -0.744 e. The quantitative estimate of drug-likeness (QED) is 0.0393. The molecule has 5 aromatic rings. The smallest absolute Gasteiger partial charge is 0.744 e. The monoisotopic (exact) mass is 770 g/mol. The van der Waals surface area contributed by atoms with Crippen LogP contribution in [0.1, 0.15) is 0 Å². The average Bonchev–Trinajstić information content (AvgIpc) is 2.97. The summed E-state index contributed by atoms with van der Waals surface area (Å²) in [6.45, 7) is 0. The Morgan fingerprint density at radius 3 is 1.90 bits per heavy atom.